The molecule has 1 atom stereocenters. The summed E-state index contributed by atoms with van der Waals surface area (Å²) in [5, 5.41) is 10.5. The van der Waals surface area contributed by atoms with E-state index in [0.29, 0.717) is 0 Å². The molecule has 1 aromatic rings. The number of ether oxygens (including phenoxy) is 1. The topological polar surface area (TPSA) is 29.5 Å². The highest BCUT2D eigenvalue weighted by Gasteiger charge is 2.22. The average molecular weight is 250 g/mol. The summed E-state index contributed by atoms with van der Waals surface area (Å²) in [6, 6.07) is 7.72. The third-order valence-corrected chi connectivity index (χ3v) is 3.46. The van der Waals surface area contributed by atoms with Crippen molar-refractivity contribution in [3.63, 3.8) is 0 Å². The highest BCUT2D eigenvalue weighted by atomic mass is 16.5. The molecule has 1 N–H and O–H groups in total. The standard InChI is InChI=1S/C16H26O2/c1-4-5-6-7-8-12-16(2,17)14-10-9-11-15(13-14)18-3/h9-11,13,17H,4-8,12H2,1-3H3. The van der Waals surface area contributed by atoms with Crippen molar-refractivity contribution in [1.82, 2.24) is 0 Å². The van der Waals surface area contributed by atoms with Gasteiger partial charge in [-0.3, -0.25) is 0 Å². The molecule has 1 rings (SSSR count). The zero-order valence-electron chi connectivity index (χ0n) is 11.9. The number of rotatable bonds is 8. The van der Waals surface area contributed by atoms with E-state index in [-0.39, 0.29) is 0 Å². The van der Waals surface area contributed by atoms with Gasteiger partial charge in [0, 0.05) is 0 Å². The molecule has 0 aromatic heterocycles. The van der Waals surface area contributed by atoms with Crippen LogP contribution in [0.1, 0.15) is 57.9 Å². The number of hydrogen-bond acceptors (Lipinski definition) is 2. The molecule has 2 heteroatoms. The smallest absolute Gasteiger partial charge is 0.119 e. The summed E-state index contributed by atoms with van der Waals surface area (Å²) in [5.41, 5.74) is 0.193. The number of aliphatic hydroxyl groups is 1. The van der Waals surface area contributed by atoms with Crippen molar-refractivity contribution in [2.75, 3.05) is 7.11 Å². The number of methoxy groups -OCH3 is 1. The Bertz CT molecular complexity index is 345. The molecule has 0 aliphatic heterocycles. The van der Waals surface area contributed by atoms with E-state index >= 15 is 0 Å². The fourth-order valence-corrected chi connectivity index (χ4v) is 2.18. The second-order valence-corrected chi connectivity index (χ2v) is 5.17. The Morgan fingerprint density at radius 3 is 2.56 bits per heavy atom. The van der Waals surface area contributed by atoms with Gasteiger partial charge in [0.05, 0.1) is 12.7 Å². The van der Waals surface area contributed by atoms with E-state index in [0.717, 1.165) is 24.2 Å². The van der Waals surface area contributed by atoms with Crippen LogP contribution in [-0.2, 0) is 5.60 Å². The van der Waals surface area contributed by atoms with Crippen molar-refractivity contribution in [3.05, 3.63) is 29.8 Å². The summed E-state index contributed by atoms with van der Waals surface area (Å²) in [7, 11) is 1.65. The Hall–Kier alpha value is -1.02. The first-order chi connectivity index (χ1) is 8.60. The van der Waals surface area contributed by atoms with E-state index in [1.807, 2.05) is 31.2 Å². The largest absolute Gasteiger partial charge is 0.497 e. The van der Waals surface area contributed by atoms with E-state index in [9.17, 15) is 5.11 Å². The Labute approximate surface area is 111 Å². The van der Waals surface area contributed by atoms with Crippen LogP contribution in [-0.4, -0.2) is 12.2 Å². The van der Waals surface area contributed by atoms with Crippen LogP contribution in [0.4, 0.5) is 0 Å². The lowest BCUT2D eigenvalue weighted by atomic mass is 9.90. The third kappa shape index (κ3) is 4.69. The van der Waals surface area contributed by atoms with Gasteiger partial charge in [0.25, 0.3) is 0 Å². The fraction of sp³-hybridized carbons (Fsp3) is 0.625. The predicted molar refractivity (Wildman–Crippen MR) is 75.9 cm³/mol. The molecule has 1 unspecified atom stereocenters. The maximum absolute atomic E-state index is 10.5. The van der Waals surface area contributed by atoms with Crippen molar-refractivity contribution in [2.45, 2.75) is 58.0 Å². The van der Waals surface area contributed by atoms with Gasteiger partial charge in [-0.2, -0.15) is 0 Å². The van der Waals surface area contributed by atoms with E-state index < -0.39 is 5.60 Å². The molecule has 2 nitrogen and oxygen atoms in total. The van der Waals surface area contributed by atoms with E-state index in [2.05, 4.69) is 6.92 Å². The molecule has 18 heavy (non-hydrogen) atoms. The molecule has 0 saturated heterocycles. The van der Waals surface area contributed by atoms with Crippen molar-refractivity contribution in [1.29, 1.82) is 0 Å². The Balaban J connectivity index is 2.50. The maximum atomic E-state index is 10.5. The first-order valence-corrected chi connectivity index (χ1v) is 6.97. The summed E-state index contributed by atoms with van der Waals surface area (Å²) in [4.78, 5) is 0. The van der Waals surface area contributed by atoms with Crippen LogP contribution in [0.15, 0.2) is 24.3 Å². The second-order valence-electron chi connectivity index (χ2n) is 5.17. The lowest BCUT2D eigenvalue weighted by Gasteiger charge is -2.24. The minimum absolute atomic E-state index is 0.749. The molecule has 0 aliphatic rings. The lowest BCUT2D eigenvalue weighted by Crippen LogP contribution is -2.20. The van der Waals surface area contributed by atoms with Crippen molar-refractivity contribution in [3.8, 4) is 5.75 Å². The number of hydrogen-bond donors (Lipinski definition) is 1. The van der Waals surface area contributed by atoms with E-state index in [1.165, 1.54) is 25.7 Å². The number of benzene rings is 1. The van der Waals surface area contributed by atoms with Gasteiger partial charge in [-0.05, 0) is 31.0 Å². The number of unbranched alkanes of at least 4 members (excludes halogenated alkanes) is 4. The van der Waals surface area contributed by atoms with Gasteiger partial charge < -0.3 is 9.84 Å². The molecular formula is C16H26O2. The van der Waals surface area contributed by atoms with Gasteiger partial charge in [0.1, 0.15) is 5.75 Å². The summed E-state index contributed by atoms with van der Waals surface area (Å²) in [6.45, 7) is 4.11. The minimum atomic E-state index is -0.749. The van der Waals surface area contributed by atoms with Gasteiger partial charge in [0.2, 0.25) is 0 Å². The van der Waals surface area contributed by atoms with Crippen molar-refractivity contribution < 1.29 is 9.84 Å². The summed E-state index contributed by atoms with van der Waals surface area (Å²) >= 11 is 0. The first-order valence-electron chi connectivity index (χ1n) is 6.97. The van der Waals surface area contributed by atoms with Gasteiger partial charge in [0.15, 0.2) is 0 Å². The normalized spacial score (nSPS) is 14.2. The predicted octanol–water partition coefficient (Wildman–Crippen LogP) is 4.26. The van der Waals surface area contributed by atoms with Crippen LogP contribution in [0.5, 0.6) is 5.75 Å². The Morgan fingerprint density at radius 2 is 1.89 bits per heavy atom. The lowest BCUT2D eigenvalue weighted by molar-refractivity contribution is 0.0446. The van der Waals surface area contributed by atoms with E-state index in [1.54, 1.807) is 7.11 Å². The molecule has 0 radical (unpaired) electrons. The van der Waals surface area contributed by atoms with Gasteiger partial charge in [-0.25, -0.2) is 0 Å². The molecule has 102 valence electrons. The minimum Gasteiger partial charge on any atom is -0.497 e. The van der Waals surface area contributed by atoms with Crippen LogP contribution < -0.4 is 4.74 Å². The molecule has 0 spiro atoms. The Kier molecular flexibility index (Phi) is 6.20. The molecule has 0 bridgehead atoms. The molecule has 0 heterocycles. The van der Waals surface area contributed by atoms with Gasteiger partial charge in [-0.1, -0.05) is 51.2 Å². The van der Waals surface area contributed by atoms with Crippen LogP contribution in [0.25, 0.3) is 0 Å². The molecule has 1 aromatic carbocycles. The highest BCUT2D eigenvalue weighted by Crippen LogP contribution is 2.29. The molecule has 0 amide bonds. The highest BCUT2D eigenvalue weighted by molar-refractivity contribution is 5.31. The average Bonchev–Trinajstić information content (AvgIpc) is 2.38. The van der Waals surface area contributed by atoms with E-state index in [4.69, 9.17) is 4.74 Å². The van der Waals surface area contributed by atoms with Gasteiger partial charge >= 0.3 is 0 Å². The van der Waals surface area contributed by atoms with Crippen LogP contribution in [0.2, 0.25) is 0 Å². The molecule has 0 fully saturated rings. The Morgan fingerprint density at radius 1 is 1.17 bits per heavy atom. The quantitative estimate of drug-likeness (QED) is 0.698. The van der Waals surface area contributed by atoms with Crippen molar-refractivity contribution in [2.24, 2.45) is 0 Å². The zero-order valence-corrected chi connectivity index (χ0v) is 11.9. The summed E-state index contributed by atoms with van der Waals surface area (Å²) < 4.78 is 5.20. The molecular weight excluding hydrogens is 224 g/mol. The maximum Gasteiger partial charge on any atom is 0.119 e. The summed E-state index contributed by atoms with van der Waals surface area (Å²) in [5.74, 6) is 0.804. The van der Waals surface area contributed by atoms with Gasteiger partial charge in [-0.15, -0.1) is 0 Å². The zero-order chi connectivity index (χ0) is 13.4. The first kappa shape index (κ1) is 15.0. The summed E-state index contributed by atoms with van der Waals surface area (Å²) in [6.07, 6.45) is 6.90. The monoisotopic (exact) mass is 250 g/mol. The van der Waals surface area contributed by atoms with Crippen LogP contribution in [0.3, 0.4) is 0 Å². The molecule has 0 aliphatic carbocycles. The molecule has 0 saturated carbocycles. The SMILES string of the molecule is CCCCCCCC(C)(O)c1cccc(OC)c1. The van der Waals surface area contributed by atoms with Crippen LogP contribution >= 0.6 is 0 Å². The van der Waals surface area contributed by atoms with Crippen molar-refractivity contribution >= 4 is 0 Å². The second kappa shape index (κ2) is 7.42. The third-order valence-electron chi connectivity index (χ3n) is 3.46. The van der Waals surface area contributed by atoms with Crippen LogP contribution in [0, 0.1) is 0 Å². The fourth-order valence-electron chi connectivity index (χ4n) is 2.18.